The standard InChI is InChI=1S/C13H14F4O/c14-12(15)13(16,17)11(18)10-6-5-8-3-1-2-4-9(8)7-10/h5-7,11-12,18H,1-4H2. The van der Waals surface area contributed by atoms with Gasteiger partial charge in [0.15, 0.2) is 0 Å². The van der Waals surface area contributed by atoms with Crippen LogP contribution in [-0.4, -0.2) is 17.5 Å². The quantitative estimate of drug-likeness (QED) is 0.827. The zero-order chi connectivity index (χ0) is 13.3. The molecule has 0 amide bonds. The summed E-state index contributed by atoms with van der Waals surface area (Å²) in [6, 6.07) is 4.38. The van der Waals surface area contributed by atoms with Gasteiger partial charge in [-0.1, -0.05) is 18.2 Å². The van der Waals surface area contributed by atoms with E-state index in [2.05, 4.69) is 0 Å². The van der Waals surface area contributed by atoms with Gasteiger partial charge in [0, 0.05) is 0 Å². The molecule has 1 unspecified atom stereocenters. The third kappa shape index (κ3) is 2.36. The topological polar surface area (TPSA) is 20.2 Å². The van der Waals surface area contributed by atoms with E-state index in [0.29, 0.717) is 0 Å². The molecule has 0 radical (unpaired) electrons. The molecular formula is C13H14F4O. The maximum absolute atomic E-state index is 13.1. The van der Waals surface area contributed by atoms with E-state index in [4.69, 9.17) is 0 Å². The summed E-state index contributed by atoms with van der Waals surface area (Å²) in [5.41, 5.74) is 1.79. The van der Waals surface area contributed by atoms with Crippen molar-refractivity contribution in [1.29, 1.82) is 0 Å². The zero-order valence-electron chi connectivity index (χ0n) is 9.67. The molecule has 0 saturated heterocycles. The normalized spacial score (nSPS) is 17.7. The van der Waals surface area contributed by atoms with E-state index in [0.717, 1.165) is 36.8 Å². The summed E-state index contributed by atoms with van der Waals surface area (Å²) < 4.78 is 50.5. The van der Waals surface area contributed by atoms with Gasteiger partial charge in [-0.05, 0) is 42.4 Å². The molecule has 1 N–H and O–H groups in total. The highest BCUT2D eigenvalue weighted by Gasteiger charge is 2.48. The second-order valence-electron chi connectivity index (χ2n) is 4.61. The van der Waals surface area contributed by atoms with Crippen LogP contribution in [0.25, 0.3) is 0 Å². The summed E-state index contributed by atoms with van der Waals surface area (Å²) >= 11 is 0. The first-order valence-corrected chi connectivity index (χ1v) is 5.88. The monoisotopic (exact) mass is 262 g/mol. The van der Waals surface area contributed by atoms with Crippen LogP contribution in [0.4, 0.5) is 17.6 Å². The fourth-order valence-corrected chi connectivity index (χ4v) is 2.26. The van der Waals surface area contributed by atoms with Gasteiger partial charge in [-0.2, -0.15) is 8.78 Å². The molecule has 0 fully saturated rings. The molecule has 2 rings (SSSR count). The summed E-state index contributed by atoms with van der Waals surface area (Å²) in [5, 5.41) is 9.39. The van der Waals surface area contributed by atoms with E-state index >= 15 is 0 Å². The smallest absolute Gasteiger partial charge is 0.336 e. The summed E-state index contributed by atoms with van der Waals surface area (Å²) in [5.74, 6) is -4.41. The number of benzene rings is 1. The summed E-state index contributed by atoms with van der Waals surface area (Å²) in [6.07, 6.45) is -2.71. The summed E-state index contributed by atoms with van der Waals surface area (Å²) in [4.78, 5) is 0. The molecule has 5 heteroatoms. The van der Waals surface area contributed by atoms with Crippen LogP contribution in [0.2, 0.25) is 0 Å². The van der Waals surface area contributed by atoms with Crippen LogP contribution >= 0.6 is 0 Å². The Morgan fingerprint density at radius 1 is 1.06 bits per heavy atom. The zero-order valence-corrected chi connectivity index (χ0v) is 9.67. The Balaban J connectivity index is 2.28. The minimum absolute atomic E-state index is 0.138. The number of aliphatic hydroxyl groups is 1. The molecule has 1 aliphatic rings. The van der Waals surface area contributed by atoms with Crippen molar-refractivity contribution >= 4 is 0 Å². The van der Waals surface area contributed by atoms with Crippen LogP contribution in [0.15, 0.2) is 18.2 Å². The fraction of sp³-hybridized carbons (Fsp3) is 0.538. The van der Waals surface area contributed by atoms with Crippen molar-refractivity contribution in [1.82, 2.24) is 0 Å². The van der Waals surface area contributed by atoms with Gasteiger partial charge in [-0.15, -0.1) is 0 Å². The number of halogens is 4. The highest BCUT2D eigenvalue weighted by molar-refractivity contribution is 5.35. The molecule has 1 aromatic carbocycles. The largest absolute Gasteiger partial charge is 0.382 e. The molecule has 1 aliphatic carbocycles. The average Bonchev–Trinajstić information content (AvgIpc) is 2.37. The molecule has 18 heavy (non-hydrogen) atoms. The van der Waals surface area contributed by atoms with Crippen LogP contribution in [0, 0.1) is 0 Å². The molecule has 0 aromatic heterocycles. The average molecular weight is 262 g/mol. The van der Waals surface area contributed by atoms with Crippen molar-refractivity contribution in [3.05, 3.63) is 34.9 Å². The second-order valence-corrected chi connectivity index (χ2v) is 4.61. The van der Waals surface area contributed by atoms with Crippen LogP contribution in [-0.2, 0) is 12.8 Å². The van der Waals surface area contributed by atoms with Gasteiger partial charge in [-0.25, -0.2) is 8.78 Å². The lowest BCUT2D eigenvalue weighted by molar-refractivity contribution is -0.193. The predicted octanol–water partition coefficient (Wildman–Crippen LogP) is 3.50. The molecule has 100 valence electrons. The SMILES string of the molecule is OC(c1ccc2c(c1)CCCC2)C(F)(F)C(F)F. The van der Waals surface area contributed by atoms with Crippen molar-refractivity contribution in [3.8, 4) is 0 Å². The Hall–Kier alpha value is -1.10. The first-order chi connectivity index (χ1) is 8.43. The maximum Gasteiger partial charge on any atom is 0.336 e. The van der Waals surface area contributed by atoms with Crippen molar-refractivity contribution < 1.29 is 22.7 Å². The third-order valence-corrected chi connectivity index (χ3v) is 3.34. The highest BCUT2D eigenvalue weighted by atomic mass is 19.3. The van der Waals surface area contributed by atoms with E-state index in [1.807, 2.05) is 0 Å². The van der Waals surface area contributed by atoms with Crippen LogP contribution in [0.5, 0.6) is 0 Å². The molecule has 1 nitrogen and oxygen atoms in total. The minimum atomic E-state index is -4.41. The van der Waals surface area contributed by atoms with Gasteiger partial charge in [-0.3, -0.25) is 0 Å². The molecule has 0 bridgehead atoms. The lowest BCUT2D eigenvalue weighted by Gasteiger charge is -2.24. The van der Waals surface area contributed by atoms with Gasteiger partial charge in [0.2, 0.25) is 0 Å². The van der Waals surface area contributed by atoms with Crippen LogP contribution in [0.3, 0.4) is 0 Å². The number of aryl methyl sites for hydroxylation is 2. The lowest BCUT2D eigenvalue weighted by Crippen LogP contribution is -2.34. The van der Waals surface area contributed by atoms with Crippen LogP contribution < -0.4 is 0 Å². The number of hydrogen-bond donors (Lipinski definition) is 1. The molecule has 0 saturated carbocycles. The molecule has 0 aliphatic heterocycles. The number of rotatable bonds is 3. The molecular weight excluding hydrogens is 248 g/mol. The number of alkyl halides is 4. The van der Waals surface area contributed by atoms with Crippen molar-refractivity contribution in [2.24, 2.45) is 0 Å². The third-order valence-electron chi connectivity index (χ3n) is 3.34. The number of fused-ring (bicyclic) bond motifs is 1. The minimum Gasteiger partial charge on any atom is -0.382 e. The first-order valence-electron chi connectivity index (χ1n) is 5.88. The Kier molecular flexibility index (Phi) is 3.61. The second kappa shape index (κ2) is 4.88. The van der Waals surface area contributed by atoms with E-state index < -0.39 is 18.5 Å². The number of aliphatic hydroxyl groups excluding tert-OH is 1. The maximum atomic E-state index is 13.1. The van der Waals surface area contributed by atoms with Crippen LogP contribution in [0.1, 0.15) is 35.6 Å². The van der Waals surface area contributed by atoms with E-state index in [9.17, 15) is 22.7 Å². The van der Waals surface area contributed by atoms with Crippen molar-refractivity contribution in [2.45, 2.75) is 44.1 Å². The van der Waals surface area contributed by atoms with Gasteiger partial charge in [0.1, 0.15) is 6.10 Å². The summed E-state index contributed by atoms with van der Waals surface area (Å²) in [6.45, 7) is 0. The van der Waals surface area contributed by atoms with Gasteiger partial charge in [0.05, 0.1) is 0 Å². The molecule has 1 atom stereocenters. The molecule has 1 aromatic rings. The molecule has 0 spiro atoms. The summed E-state index contributed by atoms with van der Waals surface area (Å²) in [7, 11) is 0. The van der Waals surface area contributed by atoms with E-state index in [1.165, 1.54) is 12.1 Å². The lowest BCUT2D eigenvalue weighted by atomic mass is 9.89. The van der Waals surface area contributed by atoms with Gasteiger partial charge >= 0.3 is 12.3 Å². The Bertz CT molecular complexity index is 431. The first kappa shape index (κ1) is 13.3. The fourth-order valence-electron chi connectivity index (χ4n) is 2.26. The predicted molar refractivity (Wildman–Crippen MR) is 59.0 cm³/mol. The number of hydrogen-bond acceptors (Lipinski definition) is 1. The Labute approximate surface area is 102 Å². The van der Waals surface area contributed by atoms with E-state index in [-0.39, 0.29) is 5.56 Å². The highest BCUT2D eigenvalue weighted by Crippen LogP contribution is 2.37. The van der Waals surface area contributed by atoms with E-state index in [1.54, 1.807) is 6.07 Å². The Morgan fingerprint density at radius 2 is 1.67 bits per heavy atom. The molecule has 0 heterocycles. The van der Waals surface area contributed by atoms with Crippen molar-refractivity contribution in [2.75, 3.05) is 0 Å². The van der Waals surface area contributed by atoms with Gasteiger partial charge < -0.3 is 5.11 Å². The Morgan fingerprint density at radius 3 is 2.28 bits per heavy atom. The van der Waals surface area contributed by atoms with Gasteiger partial charge in [0.25, 0.3) is 0 Å². The van der Waals surface area contributed by atoms with Crippen molar-refractivity contribution in [3.63, 3.8) is 0 Å².